The van der Waals surface area contributed by atoms with Crippen molar-refractivity contribution < 1.29 is 14.6 Å². The predicted octanol–water partition coefficient (Wildman–Crippen LogP) is -0.267. The summed E-state index contributed by atoms with van der Waals surface area (Å²) in [4.78, 5) is 0. The second-order valence-corrected chi connectivity index (χ2v) is 1.71. The van der Waals surface area contributed by atoms with E-state index in [-0.39, 0.29) is 11.6 Å². The van der Waals surface area contributed by atoms with E-state index in [0.29, 0.717) is 0 Å². The highest BCUT2D eigenvalue weighted by atomic mass is 16.5. The molecule has 0 aromatic carbocycles. The van der Waals surface area contributed by atoms with E-state index in [1.165, 1.54) is 6.07 Å². The Hall–Kier alpha value is -1.72. The van der Waals surface area contributed by atoms with Gasteiger partial charge in [-0.15, -0.1) is 9.73 Å². The van der Waals surface area contributed by atoms with Crippen LogP contribution in [0.15, 0.2) is 10.5 Å². The third kappa shape index (κ3) is 0.524. The number of aromatic nitrogens is 3. The SMILES string of the molecule is Oc1cc2oc(O)nn2n1. The molecule has 0 fully saturated rings. The van der Waals surface area contributed by atoms with Gasteiger partial charge in [0.2, 0.25) is 11.6 Å². The zero-order valence-electron chi connectivity index (χ0n) is 4.72. The Morgan fingerprint density at radius 2 is 2.20 bits per heavy atom. The lowest BCUT2D eigenvalue weighted by Gasteiger charge is -1.73. The summed E-state index contributed by atoms with van der Waals surface area (Å²) in [5, 5.41) is 24.1. The van der Waals surface area contributed by atoms with Gasteiger partial charge in [0, 0.05) is 0 Å². The summed E-state index contributed by atoms with van der Waals surface area (Å²) < 4.78 is 5.56. The quantitative estimate of drug-likeness (QED) is 0.527. The molecule has 0 bridgehead atoms. The third-order valence-corrected chi connectivity index (χ3v) is 1.02. The van der Waals surface area contributed by atoms with Gasteiger partial charge in [-0.05, 0) is 0 Å². The van der Waals surface area contributed by atoms with Crippen molar-refractivity contribution in [1.82, 2.24) is 14.8 Å². The smallest absolute Gasteiger partial charge is 0.412 e. The molecule has 0 saturated heterocycles. The van der Waals surface area contributed by atoms with Crippen LogP contribution in [0.5, 0.6) is 12.0 Å². The van der Waals surface area contributed by atoms with E-state index in [1.54, 1.807) is 0 Å². The van der Waals surface area contributed by atoms with E-state index < -0.39 is 6.08 Å². The van der Waals surface area contributed by atoms with Gasteiger partial charge in [-0.25, -0.2) is 0 Å². The molecule has 0 atom stereocenters. The molecule has 0 aliphatic rings. The highest BCUT2D eigenvalue weighted by Crippen LogP contribution is 2.14. The Morgan fingerprint density at radius 3 is 2.90 bits per heavy atom. The maximum atomic E-state index is 8.72. The zero-order chi connectivity index (χ0) is 7.14. The molecular weight excluding hydrogens is 138 g/mol. The number of fused-ring (bicyclic) bond motifs is 1. The first-order chi connectivity index (χ1) is 4.75. The average Bonchev–Trinajstić information content (AvgIpc) is 2.21. The predicted molar refractivity (Wildman–Crippen MR) is 28.6 cm³/mol. The molecule has 10 heavy (non-hydrogen) atoms. The van der Waals surface area contributed by atoms with Gasteiger partial charge in [0.25, 0.3) is 0 Å². The number of hydrogen-bond acceptors (Lipinski definition) is 5. The summed E-state index contributed by atoms with van der Waals surface area (Å²) in [6.07, 6.45) is -0.470. The Balaban J connectivity index is 2.83. The molecule has 0 unspecified atom stereocenters. The van der Waals surface area contributed by atoms with Crippen LogP contribution in [0.3, 0.4) is 0 Å². The maximum Gasteiger partial charge on any atom is 0.412 e. The van der Waals surface area contributed by atoms with Crippen LogP contribution in [0.25, 0.3) is 5.71 Å². The molecule has 52 valence electrons. The first kappa shape index (κ1) is 5.10. The normalized spacial score (nSPS) is 10.8. The van der Waals surface area contributed by atoms with E-state index in [4.69, 9.17) is 10.2 Å². The van der Waals surface area contributed by atoms with Crippen LogP contribution >= 0.6 is 0 Å². The van der Waals surface area contributed by atoms with E-state index in [9.17, 15) is 0 Å². The van der Waals surface area contributed by atoms with Gasteiger partial charge in [-0.2, -0.15) is 0 Å². The van der Waals surface area contributed by atoms with E-state index in [1.807, 2.05) is 0 Å². The zero-order valence-corrected chi connectivity index (χ0v) is 4.72. The number of rotatable bonds is 0. The fraction of sp³-hybridized carbons (Fsp3) is 0. The van der Waals surface area contributed by atoms with Crippen LogP contribution in [-0.4, -0.2) is 25.0 Å². The Labute approximate surface area is 54.3 Å². The number of aromatic hydroxyl groups is 2. The third-order valence-electron chi connectivity index (χ3n) is 1.02. The molecule has 6 heteroatoms. The van der Waals surface area contributed by atoms with Crippen molar-refractivity contribution in [2.24, 2.45) is 0 Å². The fourth-order valence-corrected chi connectivity index (χ4v) is 0.680. The Morgan fingerprint density at radius 1 is 1.40 bits per heavy atom. The molecular formula is C4H3N3O3. The molecule has 0 saturated carbocycles. The second-order valence-electron chi connectivity index (χ2n) is 1.71. The van der Waals surface area contributed by atoms with Crippen molar-refractivity contribution in [2.45, 2.75) is 0 Å². The molecule has 0 amide bonds. The van der Waals surface area contributed by atoms with Gasteiger partial charge < -0.3 is 14.6 Å². The van der Waals surface area contributed by atoms with E-state index >= 15 is 0 Å². The Kier molecular flexibility index (Phi) is 0.717. The lowest BCUT2D eigenvalue weighted by Crippen LogP contribution is -1.83. The molecule has 2 aromatic heterocycles. The molecule has 2 rings (SSSR count). The monoisotopic (exact) mass is 141 g/mol. The second kappa shape index (κ2) is 1.41. The minimum absolute atomic E-state index is 0.189. The Bertz CT molecular complexity index is 300. The van der Waals surface area contributed by atoms with Crippen molar-refractivity contribution >= 4 is 5.71 Å². The van der Waals surface area contributed by atoms with Crippen LogP contribution in [0, 0.1) is 0 Å². The van der Waals surface area contributed by atoms with E-state index in [0.717, 1.165) is 4.63 Å². The highest BCUT2D eigenvalue weighted by molar-refractivity contribution is 5.36. The lowest BCUT2D eigenvalue weighted by molar-refractivity contribution is 0.325. The average molecular weight is 141 g/mol. The van der Waals surface area contributed by atoms with Crippen LogP contribution < -0.4 is 0 Å². The van der Waals surface area contributed by atoms with Crippen molar-refractivity contribution in [3.63, 3.8) is 0 Å². The molecule has 2 N–H and O–H groups in total. The molecule has 0 aliphatic carbocycles. The summed E-state index contributed by atoms with van der Waals surface area (Å²) in [5.41, 5.74) is 0.204. The van der Waals surface area contributed by atoms with Crippen LogP contribution in [0.1, 0.15) is 0 Å². The first-order valence-electron chi connectivity index (χ1n) is 2.50. The molecule has 6 nitrogen and oxygen atoms in total. The summed E-state index contributed by atoms with van der Waals surface area (Å²) in [5.74, 6) is -0.189. The van der Waals surface area contributed by atoms with Gasteiger partial charge in [0.15, 0.2) is 0 Å². The molecule has 2 aromatic rings. The van der Waals surface area contributed by atoms with Crippen molar-refractivity contribution in [3.05, 3.63) is 6.07 Å². The van der Waals surface area contributed by atoms with Gasteiger partial charge in [-0.1, -0.05) is 5.10 Å². The highest BCUT2D eigenvalue weighted by Gasteiger charge is 2.06. The van der Waals surface area contributed by atoms with Crippen LogP contribution in [0.2, 0.25) is 0 Å². The maximum absolute atomic E-state index is 8.72. The topological polar surface area (TPSA) is 83.8 Å². The van der Waals surface area contributed by atoms with Crippen LogP contribution in [0.4, 0.5) is 0 Å². The lowest BCUT2D eigenvalue weighted by atomic mass is 10.7. The minimum Gasteiger partial charge on any atom is -0.492 e. The standard InChI is InChI=1S/C4H3N3O3/c8-2-1-3-7(5-2)6-4(9)10-3/h1H,(H,5,8)(H,6,9). The van der Waals surface area contributed by atoms with Gasteiger partial charge in [-0.3, -0.25) is 0 Å². The van der Waals surface area contributed by atoms with Crippen molar-refractivity contribution in [1.29, 1.82) is 0 Å². The van der Waals surface area contributed by atoms with Crippen molar-refractivity contribution in [3.8, 4) is 12.0 Å². The van der Waals surface area contributed by atoms with Crippen molar-refractivity contribution in [2.75, 3.05) is 0 Å². The summed E-state index contributed by atoms with van der Waals surface area (Å²) in [7, 11) is 0. The number of hydrogen-bond donors (Lipinski definition) is 2. The fourth-order valence-electron chi connectivity index (χ4n) is 0.680. The number of nitrogens with zero attached hydrogens (tertiary/aromatic N) is 3. The van der Waals surface area contributed by atoms with Gasteiger partial charge in [0.05, 0.1) is 6.07 Å². The summed E-state index contributed by atoms with van der Waals surface area (Å²) >= 11 is 0. The van der Waals surface area contributed by atoms with E-state index in [2.05, 4.69) is 14.6 Å². The molecule has 0 aliphatic heterocycles. The first-order valence-corrected chi connectivity index (χ1v) is 2.50. The van der Waals surface area contributed by atoms with Crippen LogP contribution in [-0.2, 0) is 0 Å². The van der Waals surface area contributed by atoms with Gasteiger partial charge >= 0.3 is 6.08 Å². The molecule has 2 heterocycles. The minimum atomic E-state index is -0.470. The molecule has 0 spiro atoms. The summed E-state index contributed by atoms with van der Waals surface area (Å²) in [6.45, 7) is 0. The van der Waals surface area contributed by atoms with Gasteiger partial charge in [0.1, 0.15) is 0 Å². The summed E-state index contributed by atoms with van der Waals surface area (Å²) in [6, 6.07) is 1.24. The molecule has 0 radical (unpaired) electrons. The largest absolute Gasteiger partial charge is 0.492 e.